The number of carboxylic acid groups (broad SMARTS) is 1. The third-order valence-corrected chi connectivity index (χ3v) is 3.37. The van der Waals surface area contributed by atoms with E-state index < -0.39 is 11.9 Å². The standard InChI is InChI=1S/C14H19BrN2O3/c1-3-17(8-10(2)14(19)20)9-13(18)16-12-6-4-5-11(15)7-12/h4-7,10H,3,8-9H2,1-2H3,(H,16,18)(H,19,20). The Morgan fingerprint density at radius 3 is 2.70 bits per heavy atom. The molecule has 1 unspecified atom stereocenters. The van der Waals surface area contributed by atoms with Gasteiger partial charge in [0.15, 0.2) is 0 Å². The highest BCUT2D eigenvalue weighted by Gasteiger charge is 2.17. The summed E-state index contributed by atoms with van der Waals surface area (Å²) >= 11 is 3.34. The molecule has 1 rings (SSSR count). The third-order valence-electron chi connectivity index (χ3n) is 2.88. The molecule has 0 heterocycles. The maximum absolute atomic E-state index is 11.9. The van der Waals surface area contributed by atoms with Crippen LogP contribution in [0.3, 0.4) is 0 Å². The van der Waals surface area contributed by atoms with E-state index in [-0.39, 0.29) is 12.5 Å². The number of carbonyl (C=O) groups excluding carboxylic acids is 1. The van der Waals surface area contributed by atoms with Crippen molar-refractivity contribution in [3.8, 4) is 0 Å². The molecule has 0 aliphatic carbocycles. The molecule has 1 atom stereocenters. The molecule has 1 aromatic rings. The summed E-state index contributed by atoms with van der Waals surface area (Å²) in [7, 11) is 0. The maximum atomic E-state index is 11.9. The average molecular weight is 343 g/mol. The minimum absolute atomic E-state index is 0.150. The number of nitrogens with zero attached hydrogens (tertiary/aromatic N) is 1. The normalized spacial score (nSPS) is 12.2. The third kappa shape index (κ3) is 5.71. The lowest BCUT2D eigenvalue weighted by Crippen LogP contribution is -2.37. The molecule has 2 N–H and O–H groups in total. The summed E-state index contributed by atoms with van der Waals surface area (Å²) in [5, 5.41) is 11.7. The second-order valence-electron chi connectivity index (χ2n) is 4.63. The Balaban J connectivity index is 2.53. The van der Waals surface area contributed by atoms with Gasteiger partial charge in [-0.3, -0.25) is 14.5 Å². The van der Waals surface area contributed by atoms with Crippen LogP contribution in [-0.4, -0.2) is 41.5 Å². The van der Waals surface area contributed by atoms with Gasteiger partial charge in [-0.05, 0) is 24.7 Å². The summed E-state index contributed by atoms with van der Waals surface area (Å²) in [6.07, 6.45) is 0. The number of halogens is 1. The molecule has 0 saturated carbocycles. The lowest BCUT2D eigenvalue weighted by molar-refractivity contribution is -0.142. The number of benzene rings is 1. The highest BCUT2D eigenvalue weighted by atomic mass is 79.9. The largest absolute Gasteiger partial charge is 0.481 e. The molecular weight excluding hydrogens is 324 g/mol. The summed E-state index contributed by atoms with van der Waals surface area (Å²) in [5.41, 5.74) is 0.715. The monoisotopic (exact) mass is 342 g/mol. The van der Waals surface area contributed by atoms with Gasteiger partial charge >= 0.3 is 5.97 Å². The van der Waals surface area contributed by atoms with Crippen molar-refractivity contribution in [2.75, 3.05) is 25.0 Å². The van der Waals surface area contributed by atoms with Crippen LogP contribution in [0.2, 0.25) is 0 Å². The van der Waals surface area contributed by atoms with E-state index in [1.165, 1.54) is 0 Å². The van der Waals surface area contributed by atoms with E-state index in [0.717, 1.165) is 4.47 Å². The second-order valence-corrected chi connectivity index (χ2v) is 5.54. The first-order chi connectivity index (χ1) is 9.42. The van der Waals surface area contributed by atoms with Crippen LogP contribution in [0.1, 0.15) is 13.8 Å². The first-order valence-electron chi connectivity index (χ1n) is 6.43. The van der Waals surface area contributed by atoms with Crippen molar-refractivity contribution in [3.05, 3.63) is 28.7 Å². The number of carboxylic acids is 1. The zero-order valence-corrected chi connectivity index (χ0v) is 13.2. The Labute approximate surface area is 127 Å². The SMILES string of the molecule is CCN(CC(=O)Nc1cccc(Br)c1)CC(C)C(=O)O. The molecular formula is C14H19BrN2O3. The Morgan fingerprint density at radius 1 is 1.45 bits per heavy atom. The quantitative estimate of drug-likeness (QED) is 0.798. The first-order valence-corrected chi connectivity index (χ1v) is 7.22. The summed E-state index contributed by atoms with van der Waals surface area (Å²) in [6, 6.07) is 7.33. The fraction of sp³-hybridized carbons (Fsp3) is 0.429. The van der Waals surface area contributed by atoms with Crippen LogP contribution in [0.25, 0.3) is 0 Å². The molecule has 0 aliphatic heterocycles. The van der Waals surface area contributed by atoms with Crippen LogP contribution >= 0.6 is 15.9 Å². The number of hydrogen-bond donors (Lipinski definition) is 2. The molecule has 1 amide bonds. The van der Waals surface area contributed by atoms with Gasteiger partial charge in [-0.2, -0.15) is 0 Å². The van der Waals surface area contributed by atoms with Crippen LogP contribution in [0.15, 0.2) is 28.7 Å². The van der Waals surface area contributed by atoms with Gasteiger partial charge in [0.2, 0.25) is 5.91 Å². The summed E-state index contributed by atoms with van der Waals surface area (Å²) in [6.45, 7) is 4.71. The number of rotatable bonds is 7. The van der Waals surface area contributed by atoms with Gasteiger partial charge in [-0.25, -0.2) is 0 Å². The van der Waals surface area contributed by atoms with Crippen molar-refractivity contribution in [1.29, 1.82) is 0 Å². The lowest BCUT2D eigenvalue weighted by atomic mass is 10.1. The summed E-state index contributed by atoms with van der Waals surface area (Å²) in [5.74, 6) is -1.49. The molecule has 20 heavy (non-hydrogen) atoms. The molecule has 0 radical (unpaired) electrons. The van der Waals surface area contributed by atoms with Crippen LogP contribution < -0.4 is 5.32 Å². The van der Waals surface area contributed by atoms with Crippen LogP contribution in [0, 0.1) is 5.92 Å². The van der Waals surface area contributed by atoms with Crippen molar-refractivity contribution in [2.24, 2.45) is 5.92 Å². The highest BCUT2D eigenvalue weighted by molar-refractivity contribution is 9.10. The number of amides is 1. The van der Waals surface area contributed by atoms with Crippen LogP contribution in [-0.2, 0) is 9.59 Å². The van der Waals surface area contributed by atoms with Gasteiger partial charge in [0.25, 0.3) is 0 Å². The van der Waals surface area contributed by atoms with E-state index >= 15 is 0 Å². The molecule has 0 aromatic heterocycles. The molecule has 110 valence electrons. The zero-order valence-electron chi connectivity index (χ0n) is 11.6. The Kier molecular flexibility index (Phi) is 6.67. The van der Waals surface area contributed by atoms with E-state index in [4.69, 9.17) is 5.11 Å². The van der Waals surface area contributed by atoms with Gasteiger partial charge in [0.1, 0.15) is 0 Å². The first kappa shape index (κ1) is 16.7. The van der Waals surface area contributed by atoms with E-state index in [2.05, 4.69) is 21.2 Å². The van der Waals surface area contributed by atoms with E-state index in [1.54, 1.807) is 13.0 Å². The predicted octanol–water partition coefficient (Wildman–Crippen LogP) is 2.43. The van der Waals surface area contributed by atoms with Crippen molar-refractivity contribution in [1.82, 2.24) is 4.90 Å². The second kappa shape index (κ2) is 8.01. The molecule has 0 saturated heterocycles. The van der Waals surface area contributed by atoms with Crippen LogP contribution in [0.4, 0.5) is 5.69 Å². The molecule has 0 spiro atoms. The van der Waals surface area contributed by atoms with E-state index in [9.17, 15) is 9.59 Å². The molecule has 5 nitrogen and oxygen atoms in total. The maximum Gasteiger partial charge on any atom is 0.307 e. The van der Waals surface area contributed by atoms with Gasteiger partial charge in [0, 0.05) is 16.7 Å². The van der Waals surface area contributed by atoms with E-state index in [1.807, 2.05) is 30.0 Å². The average Bonchev–Trinajstić information content (AvgIpc) is 2.37. The number of hydrogen-bond acceptors (Lipinski definition) is 3. The van der Waals surface area contributed by atoms with Crippen molar-refractivity contribution >= 4 is 33.5 Å². The summed E-state index contributed by atoms with van der Waals surface area (Å²) < 4.78 is 0.891. The molecule has 0 bridgehead atoms. The number of nitrogens with one attached hydrogen (secondary N) is 1. The molecule has 6 heteroatoms. The minimum Gasteiger partial charge on any atom is -0.481 e. The van der Waals surface area contributed by atoms with Gasteiger partial charge in [0.05, 0.1) is 12.5 Å². The molecule has 0 fully saturated rings. The number of carbonyl (C=O) groups is 2. The van der Waals surface area contributed by atoms with Crippen LogP contribution in [0.5, 0.6) is 0 Å². The number of likely N-dealkylation sites (N-methyl/N-ethyl adjacent to an activating group) is 1. The van der Waals surface area contributed by atoms with E-state index in [0.29, 0.717) is 18.8 Å². The summed E-state index contributed by atoms with van der Waals surface area (Å²) in [4.78, 5) is 24.6. The predicted molar refractivity (Wildman–Crippen MR) is 81.7 cm³/mol. The van der Waals surface area contributed by atoms with Gasteiger partial charge in [-0.15, -0.1) is 0 Å². The van der Waals surface area contributed by atoms with Crippen molar-refractivity contribution in [3.63, 3.8) is 0 Å². The van der Waals surface area contributed by atoms with Gasteiger partial charge < -0.3 is 10.4 Å². The Bertz CT molecular complexity index is 479. The Morgan fingerprint density at radius 2 is 2.15 bits per heavy atom. The smallest absolute Gasteiger partial charge is 0.307 e. The zero-order chi connectivity index (χ0) is 15.1. The fourth-order valence-electron chi connectivity index (χ4n) is 1.74. The van der Waals surface area contributed by atoms with Crippen molar-refractivity contribution < 1.29 is 14.7 Å². The number of aliphatic carboxylic acids is 1. The topological polar surface area (TPSA) is 69.6 Å². The Hall–Kier alpha value is -1.40. The molecule has 0 aliphatic rings. The fourth-order valence-corrected chi connectivity index (χ4v) is 2.14. The lowest BCUT2D eigenvalue weighted by Gasteiger charge is -2.21. The highest BCUT2D eigenvalue weighted by Crippen LogP contribution is 2.15. The van der Waals surface area contributed by atoms with Gasteiger partial charge in [-0.1, -0.05) is 35.8 Å². The minimum atomic E-state index is -0.851. The van der Waals surface area contributed by atoms with Crippen molar-refractivity contribution in [2.45, 2.75) is 13.8 Å². The molecule has 1 aromatic carbocycles. The number of anilines is 1.